The maximum atomic E-state index is 12.9. The number of hydrogen-bond acceptors (Lipinski definition) is 3. The smallest absolute Gasteiger partial charge is 0.259 e. The van der Waals surface area contributed by atoms with Crippen LogP contribution in [0.5, 0.6) is 0 Å². The second kappa shape index (κ2) is 6.34. The number of rotatable bonds is 3. The van der Waals surface area contributed by atoms with Gasteiger partial charge >= 0.3 is 0 Å². The molecule has 0 fully saturated rings. The second-order valence-electron chi connectivity index (χ2n) is 7.14. The third-order valence-electron chi connectivity index (χ3n) is 5.39. The Labute approximate surface area is 167 Å². The van der Waals surface area contributed by atoms with E-state index in [1.165, 1.54) is 4.90 Å². The zero-order chi connectivity index (χ0) is 20.1. The molecule has 0 saturated carbocycles. The lowest BCUT2D eigenvalue weighted by atomic mass is 10.1. The fraction of sp³-hybridized carbons (Fsp3) is 0.0833. The number of para-hydroxylation sites is 1. The molecule has 1 aliphatic rings. The van der Waals surface area contributed by atoms with Crippen molar-refractivity contribution in [3.8, 4) is 0 Å². The summed E-state index contributed by atoms with van der Waals surface area (Å²) in [5.74, 6) is -0.482. The van der Waals surface area contributed by atoms with E-state index >= 15 is 0 Å². The summed E-state index contributed by atoms with van der Waals surface area (Å²) in [6.07, 6.45) is 0. The lowest BCUT2D eigenvalue weighted by molar-refractivity contribution is -0.119. The van der Waals surface area contributed by atoms with E-state index in [0.29, 0.717) is 16.9 Å². The van der Waals surface area contributed by atoms with Crippen LogP contribution in [0.1, 0.15) is 22.8 Å². The maximum Gasteiger partial charge on any atom is 0.259 e. The van der Waals surface area contributed by atoms with Gasteiger partial charge in [0.05, 0.1) is 0 Å². The van der Waals surface area contributed by atoms with Crippen LogP contribution in [0.15, 0.2) is 77.7 Å². The van der Waals surface area contributed by atoms with Gasteiger partial charge in [-0.2, -0.15) is 0 Å². The summed E-state index contributed by atoms with van der Waals surface area (Å²) < 4.78 is 5.83. The summed E-state index contributed by atoms with van der Waals surface area (Å²) >= 11 is 0. The average molecular weight is 382 g/mol. The summed E-state index contributed by atoms with van der Waals surface area (Å²) in [6, 6.07) is 19.9. The van der Waals surface area contributed by atoms with Crippen LogP contribution in [0.2, 0.25) is 0 Å². The standard InChI is InChI=1S/C24H18N2O3/c1-14-17-7-3-4-9-19(17)24(28)26(14)15(2)23(27)25-16-11-12-22-20(13-16)18-8-5-6-10-21(18)29-22/h3-13,15H,1H2,2H3,(H,25,27). The van der Waals surface area contributed by atoms with Crippen molar-refractivity contribution in [1.82, 2.24) is 4.90 Å². The van der Waals surface area contributed by atoms with Gasteiger partial charge in [-0.25, -0.2) is 0 Å². The lowest BCUT2D eigenvalue weighted by Crippen LogP contribution is -2.41. The Morgan fingerprint density at radius 2 is 1.66 bits per heavy atom. The Balaban J connectivity index is 1.42. The number of nitrogens with one attached hydrogen (secondary N) is 1. The first-order valence-corrected chi connectivity index (χ1v) is 9.38. The molecular formula is C24H18N2O3. The number of furan rings is 1. The molecule has 1 unspecified atom stereocenters. The first kappa shape index (κ1) is 17.3. The largest absolute Gasteiger partial charge is 0.456 e. The third kappa shape index (κ3) is 2.63. The van der Waals surface area contributed by atoms with Crippen molar-refractivity contribution in [2.75, 3.05) is 5.32 Å². The maximum absolute atomic E-state index is 12.9. The predicted molar refractivity (Wildman–Crippen MR) is 113 cm³/mol. The Kier molecular flexibility index (Phi) is 3.77. The van der Waals surface area contributed by atoms with Gasteiger partial charge in [0.2, 0.25) is 5.91 Å². The van der Waals surface area contributed by atoms with Gasteiger partial charge in [0, 0.05) is 33.3 Å². The molecule has 1 atom stereocenters. The van der Waals surface area contributed by atoms with Gasteiger partial charge < -0.3 is 9.73 Å². The van der Waals surface area contributed by atoms with Crippen molar-refractivity contribution in [3.63, 3.8) is 0 Å². The fourth-order valence-electron chi connectivity index (χ4n) is 3.88. The van der Waals surface area contributed by atoms with Crippen LogP contribution < -0.4 is 5.32 Å². The van der Waals surface area contributed by atoms with E-state index in [9.17, 15) is 9.59 Å². The van der Waals surface area contributed by atoms with Crippen LogP contribution in [0.4, 0.5) is 5.69 Å². The predicted octanol–water partition coefficient (Wildman–Crippen LogP) is 5.04. The number of nitrogens with zero attached hydrogens (tertiary/aromatic N) is 1. The zero-order valence-corrected chi connectivity index (χ0v) is 15.8. The van der Waals surface area contributed by atoms with Gasteiger partial charge in [-0.05, 0) is 37.3 Å². The molecule has 3 aromatic carbocycles. The molecule has 0 saturated heterocycles. The Bertz CT molecular complexity index is 1280. The minimum absolute atomic E-state index is 0.204. The number of fused-ring (bicyclic) bond motifs is 4. The minimum atomic E-state index is -0.695. The van der Waals surface area contributed by atoms with Crippen molar-refractivity contribution in [2.24, 2.45) is 0 Å². The van der Waals surface area contributed by atoms with Gasteiger partial charge in [-0.3, -0.25) is 14.5 Å². The first-order valence-electron chi connectivity index (χ1n) is 9.38. The Morgan fingerprint density at radius 1 is 0.966 bits per heavy atom. The molecule has 142 valence electrons. The minimum Gasteiger partial charge on any atom is -0.456 e. The van der Waals surface area contributed by atoms with Crippen molar-refractivity contribution in [2.45, 2.75) is 13.0 Å². The van der Waals surface area contributed by atoms with Crippen LogP contribution in [0.25, 0.3) is 27.6 Å². The summed E-state index contributed by atoms with van der Waals surface area (Å²) in [6.45, 7) is 5.72. The molecule has 1 N–H and O–H groups in total. The number of carbonyl (C=O) groups excluding carboxylic acids is 2. The van der Waals surface area contributed by atoms with E-state index in [4.69, 9.17) is 4.42 Å². The molecule has 4 aromatic rings. The van der Waals surface area contributed by atoms with Gasteiger partial charge in [0.15, 0.2) is 0 Å². The molecule has 2 heterocycles. The van der Waals surface area contributed by atoms with Gasteiger partial charge in [-0.15, -0.1) is 0 Å². The zero-order valence-electron chi connectivity index (χ0n) is 15.8. The lowest BCUT2D eigenvalue weighted by Gasteiger charge is -2.24. The molecule has 2 amide bonds. The van der Waals surface area contributed by atoms with E-state index in [1.807, 2.05) is 54.6 Å². The normalized spacial score (nSPS) is 14.4. The van der Waals surface area contributed by atoms with Crippen molar-refractivity contribution >= 4 is 45.1 Å². The van der Waals surface area contributed by atoms with Crippen molar-refractivity contribution in [3.05, 3.63) is 84.4 Å². The molecule has 0 radical (unpaired) electrons. The third-order valence-corrected chi connectivity index (χ3v) is 5.39. The van der Waals surface area contributed by atoms with Gasteiger partial charge in [0.25, 0.3) is 5.91 Å². The SMILES string of the molecule is C=C1c2ccccc2C(=O)N1C(C)C(=O)Nc1ccc2oc3ccccc3c2c1. The second-order valence-corrected chi connectivity index (χ2v) is 7.14. The van der Waals surface area contributed by atoms with Gasteiger partial charge in [-0.1, -0.05) is 43.0 Å². The number of benzene rings is 3. The summed E-state index contributed by atoms with van der Waals surface area (Å²) in [5, 5.41) is 4.84. The highest BCUT2D eigenvalue weighted by molar-refractivity contribution is 6.12. The van der Waals surface area contributed by atoms with E-state index in [0.717, 1.165) is 27.5 Å². The quantitative estimate of drug-likeness (QED) is 0.540. The highest BCUT2D eigenvalue weighted by Gasteiger charge is 2.36. The number of amides is 2. The van der Waals surface area contributed by atoms with Crippen LogP contribution in [0, 0.1) is 0 Å². The number of anilines is 1. The number of hydrogen-bond donors (Lipinski definition) is 1. The summed E-state index contributed by atoms with van der Waals surface area (Å²) in [4.78, 5) is 27.1. The van der Waals surface area contributed by atoms with Gasteiger partial charge in [0.1, 0.15) is 17.2 Å². The Hall–Kier alpha value is -3.86. The molecule has 0 aliphatic carbocycles. The monoisotopic (exact) mass is 382 g/mol. The van der Waals surface area contributed by atoms with Crippen molar-refractivity contribution < 1.29 is 14.0 Å². The highest BCUT2D eigenvalue weighted by atomic mass is 16.3. The highest BCUT2D eigenvalue weighted by Crippen LogP contribution is 2.34. The summed E-state index contributed by atoms with van der Waals surface area (Å²) in [7, 11) is 0. The number of carbonyl (C=O) groups is 2. The molecule has 29 heavy (non-hydrogen) atoms. The van der Waals surface area contributed by atoms with Crippen molar-refractivity contribution in [1.29, 1.82) is 0 Å². The molecule has 0 bridgehead atoms. The molecule has 5 rings (SSSR count). The molecular weight excluding hydrogens is 364 g/mol. The summed E-state index contributed by atoms with van der Waals surface area (Å²) in [5.41, 5.74) is 4.10. The Morgan fingerprint density at radius 3 is 2.45 bits per heavy atom. The first-order chi connectivity index (χ1) is 14.0. The molecule has 0 spiro atoms. The van der Waals surface area contributed by atoms with E-state index in [-0.39, 0.29) is 11.8 Å². The van der Waals surface area contributed by atoms with Crippen LogP contribution in [-0.2, 0) is 4.79 Å². The van der Waals surface area contributed by atoms with Crippen LogP contribution in [0.3, 0.4) is 0 Å². The molecule has 5 nitrogen and oxygen atoms in total. The van der Waals surface area contributed by atoms with E-state index < -0.39 is 6.04 Å². The van der Waals surface area contributed by atoms with E-state index in [2.05, 4.69) is 11.9 Å². The molecule has 5 heteroatoms. The molecule has 1 aliphatic heterocycles. The van der Waals surface area contributed by atoms with Crippen LogP contribution >= 0.6 is 0 Å². The average Bonchev–Trinajstić information content (AvgIpc) is 3.23. The van der Waals surface area contributed by atoms with E-state index in [1.54, 1.807) is 19.1 Å². The fourth-order valence-corrected chi connectivity index (χ4v) is 3.88. The topological polar surface area (TPSA) is 62.6 Å². The molecule has 1 aromatic heterocycles. The van der Waals surface area contributed by atoms with Crippen LogP contribution in [-0.4, -0.2) is 22.8 Å².